The zero-order valence-corrected chi connectivity index (χ0v) is 35.5. The van der Waals surface area contributed by atoms with E-state index in [4.69, 9.17) is 14.7 Å². The summed E-state index contributed by atoms with van der Waals surface area (Å²) in [5, 5.41) is 2.25. The molecule has 5 aromatic carbocycles. The van der Waals surface area contributed by atoms with E-state index < -0.39 is 0 Å². The zero-order valence-electron chi connectivity index (χ0n) is 33.2. The number of benzene rings is 5. The molecule has 0 fully saturated rings. The normalized spacial score (nSPS) is 13.5. The van der Waals surface area contributed by atoms with E-state index in [1.807, 2.05) is 18.3 Å². The van der Waals surface area contributed by atoms with Gasteiger partial charge in [0.05, 0.1) is 0 Å². The third-order valence-electron chi connectivity index (χ3n) is 11.8. The smallest absolute Gasteiger partial charge is 0.503 e. The van der Waals surface area contributed by atoms with E-state index in [1.54, 1.807) is 0 Å². The Labute approximate surface area is 349 Å². The van der Waals surface area contributed by atoms with Crippen molar-refractivity contribution in [3.8, 4) is 40.0 Å². The Morgan fingerprint density at radius 1 is 0.789 bits per heavy atom. The molecule has 2 aliphatic heterocycles. The van der Waals surface area contributed by atoms with Gasteiger partial charge < -0.3 is 18.6 Å². The van der Waals surface area contributed by atoms with Crippen molar-refractivity contribution in [1.29, 1.82) is 0 Å². The van der Waals surface area contributed by atoms with Gasteiger partial charge in [-0.15, -0.1) is 23.6 Å². The maximum absolute atomic E-state index is 6.69. The second-order valence-corrected chi connectivity index (χ2v) is 16.7. The third kappa shape index (κ3) is 6.14. The van der Waals surface area contributed by atoms with E-state index in [-0.39, 0.29) is 33.5 Å². The fourth-order valence-electron chi connectivity index (χ4n) is 9.04. The number of hydrogen-bond donors (Lipinski definition) is 0. The van der Waals surface area contributed by atoms with E-state index in [0.29, 0.717) is 17.4 Å². The number of fused-ring (bicyclic) bond motifs is 9. The van der Waals surface area contributed by atoms with Crippen LogP contribution in [0.4, 0.5) is 5.69 Å². The second-order valence-electron chi connectivity index (χ2n) is 16.7. The molecular weight excluding hydrogens is 880 g/mol. The van der Waals surface area contributed by atoms with E-state index in [2.05, 4.69) is 165 Å². The van der Waals surface area contributed by atoms with Gasteiger partial charge in [-0.25, -0.2) is 4.98 Å². The molecule has 2 aliphatic rings. The first-order chi connectivity index (χ1) is 27.2. The van der Waals surface area contributed by atoms with Gasteiger partial charge in [-0.1, -0.05) is 124 Å². The standard InChI is InChI=1S/C49H44BN5O.Pt/c1-31(2)37-19-12-16-33-15-11-14-32-13-7-8-17-38(32)45-30-52-48-41-28-35(22-24-42(41)53(6)50(47(33)37)55(45)48)56-36-21-23-40-39-18-9-10-20-43(39)54(44(40)29-36)46-27-34(25-26-51-46)49(3,4)5;/h7-10,12-13,16-27,30-31H,11,14-15H2,1-6H3;/q-2;+2. The van der Waals surface area contributed by atoms with Crippen LogP contribution in [0.2, 0.25) is 0 Å². The van der Waals surface area contributed by atoms with Crippen molar-refractivity contribution in [3.05, 3.63) is 150 Å². The minimum atomic E-state index is -0.0713. The summed E-state index contributed by atoms with van der Waals surface area (Å²) >= 11 is 0. The zero-order chi connectivity index (χ0) is 38.3. The predicted molar refractivity (Wildman–Crippen MR) is 230 cm³/mol. The second kappa shape index (κ2) is 14.2. The molecule has 0 saturated carbocycles. The van der Waals surface area contributed by atoms with Crippen molar-refractivity contribution < 1.29 is 25.8 Å². The summed E-state index contributed by atoms with van der Waals surface area (Å²) in [5.74, 6) is 3.36. The Hall–Kier alpha value is -5.39. The van der Waals surface area contributed by atoms with Crippen molar-refractivity contribution in [2.75, 3.05) is 11.9 Å². The van der Waals surface area contributed by atoms with Crippen LogP contribution in [0.1, 0.15) is 69.2 Å². The Morgan fingerprint density at radius 3 is 2.39 bits per heavy atom. The molecule has 0 amide bonds. The Kier molecular flexibility index (Phi) is 9.28. The van der Waals surface area contributed by atoms with Crippen molar-refractivity contribution in [1.82, 2.24) is 19.0 Å². The molecule has 8 aromatic rings. The summed E-state index contributed by atoms with van der Waals surface area (Å²) in [5.41, 5.74) is 13.1. The fourth-order valence-corrected chi connectivity index (χ4v) is 9.04. The number of rotatable bonds is 4. The molecule has 0 unspecified atom stereocenters. The quantitative estimate of drug-likeness (QED) is 0.130. The van der Waals surface area contributed by atoms with Crippen molar-refractivity contribution >= 4 is 39.9 Å². The van der Waals surface area contributed by atoms with Gasteiger partial charge in [0.15, 0.2) is 0 Å². The average molecular weight is 925 g/mol. The first kappa shape index (κ1) is 37.2. The predicted octanol–water partition coefficient (Wildman–Crippen LogP) is 10.7. The van der Waals surface area contributed by atoms with Crippen LogP contribution >= 0.6 is 0 Å². The number of ether oxygens (including phenoxy) is 1. The van der Waals surface area contributed by atoms with Gasteiger partial charge in [0.1, 0.15) is 5.82 Å². The number of aryl methyl sites for hydroxylation is 2. The minimum Gasteiger partial charge on any atom is -0.503 e. The average Bonchev–Trinajstić information content (AvgIpc) is 3.78. The molecule has 57 heavy (non-hydrogen) atoms. The summed E-state index contributed by atoms with van der Waals surface area (Å²) < 4.78 is 11.3. The maximum Gasteiger partial charge on any atom is 2.00 e. The first-order valence-electron chi connectivity index (χ1n) is 19.8. The van der Waals surface area contributed by atoms with Crippen molar-refractivity contribution in [3.63, 3.8) is 0 Å². The summed E-state index contributed by atoms with van der Waals surface area (Å²) in [4.78, 5) is 12.5. The van der Waals surface area contributed by atoms with Gasteiger partial charge in [-0.3, -0.25) is 4.98 Å². The fraction of sp³-hybridized carbons (Fsp3) is 0.224. The van der Waals surface area contributed by atoms with Gasteiger partial charge in [-0.05, 0) is 88.9 Å². The first-order valence-corrected chi connectivity index (χ1v) is 19.8. The van der Waals surface area contributed by atoms with Crippen LogP contribution in [0, 0.1) is 12.1 Å². The molecule has 0 N–H and O–H groups in total. The third-order valence-corrected chi connectivity index (χ3v) is 11.8. The monoisotopic (exact) mass is 924 g/mol. The Morgan fingerprint density at radius 2 is 1.54 bits per heavy atom. The molecule has 0 atom stereocenters. The summed E-state index contributed by atoms with van der Waals surface area (Å²) in [6, 6.07) is 44.2. The summed E-state index contributed by atoms with van der Waals surface area (Å²) in [6.45, 7) is 11.2. The number of pyridine rings is 1. The van der Waals surface area contributed by atoms with Gasteiger partial charge in [-0.2, -0.15) is 6.07 Å². The van der Waals surface area contributed by atoms with E-state index in [9.17, 15) is 0 Å². The van der Waals surface area contributed by atoms with Gasteiger partial charge in [0.25, 0.3) is 0 Å². The van der Waals surface area contributed by atoms with E-state index in [1.165, 1.54) is 33.3 Å². The number of nitrogens with zero attached hydrogens (tertiary/aromatic N) is 5. The molecule has 0 bridgehead atoms. The molecule has 0 aliphatic carbocycles. The van der Waals surface area contributed by atoms with Crippen LogP contribution < -0.4 is 15.0 Å². The molecule has 8 heteroatoms. The van der Waals surface area contributed by atoms with Crippen LogP contribution in [0.5, 0.6) is 11.5 Å². The van der Waals surface area contributed by atoms with Crippen LogP contribution in [-0.2, 0) is 39.3 Å². The van der Waals surface area contributed by atoms with E-state index >= 15 is 0 Å². The molecule has 10 rings (SSSR count). The number of aromatic nitrogens is 4. The minimum absolute atomic E-state index is 0. The summed E-state index contributed by atoms with van der Waals surface area (Å²) in [7, 11) is 2.21. The number of para-hydroxylation sites is 1. The van der Waals surface area contributed by atoms with Crippen LogP contribution in [-0.4, -0.2) is 33.0 Å². The van der Waals surface area contributed by atoms with Gasteiger partial charge in [0.2, 0.25) is 0 Å². The van der Waals surface area contributed by atoms with Crippen molar-refractivity contribution in [2.24, 2.45) is 0 Å². The van der Waals surface area contributed by atoms with Crippen LogP contribution in [0.3, 0.4) is 0 Å². The Balaban J connectivity index is 0.00000422. The van der Waals surface area contributed by atoms with Crippen LogP contribution in [0.25, 0.3) is 50.3 Å². The number of imidazole rings is 1. The van der Waals surface area contributed by atoms with E-state index in [0.717, 1.165) is 69.7 Å². The molecule has 284 valence electrons. The molecule has 0 saturated heterocycles. The SMILES string of the molecule is CC(C)c1cccc2c1B1N(C)c3ccc(Oc4[c-]c5c(cc4)c4ccccc4n5-c4cc(C(C)(C)C)ccn4)[c-]c3-c3ncc(n31)-c1ccccc1CCC2.[Pt+2]. The molecule has 3 aromatic heterocycles. The van der Waals surface area contributed by atoms with Gasteiger partial charge >= 0.3 is 28.0 Å². The largest absolute Gasteiger partial charge is 2.00 e. The molecule has 0 spiro atoms. The molecular formula is C49H44BN5OPt. The van der Waals surface area contributed by atoms with Crippen LogP contribution in [0.15, 0.2) is 116 Å². The number of anilines is 1. The molecule has 5 heterocycles. The number of hydrogen-bond acceptors (Lipinski definition) is 4. The van der Waals surface area contributed by atoms with Gasteiger partial charge in [0, 0.05) is 46.5 Å². The Bertz CT molecular complexity index is 2830. The maximum atomic E-state index is 6.69. The molecule has 0 radical (unpaired) electrons. The summed E-state index contributed by atoms with van der Waals surface area (Å²) in [6.07, 6.45) is 7.10. The van der Waals surface area contributed by atoms with Crippen molar-refractivity contribution in [2.45, 2.75) is 65.2 Å². The molecule has 6 nitrogen and oxygen atoms in total. The topological polar surface area (TPSA) is 48.1 Å².